The molecule has 0 saturated carbocycles. The van der Waals surface area contributed by atoms with Crippen LogP contribution in [0.3, 0.4) is 0 Å². The summed E-state index contributed by atoms with van der Waals surface area (Å²) in [6, 6.07) is 7.20. The van der Waals surface area contributed by atoms with Crippen LogP contribution >= 0.6 is 0 Å². The minimum Gasteiger partial charge on any atom is -0.497 e. The zero-order valence-corrected chi connectivity index (χ0v) is 22.7. The van der Waals surface area contributed by atoms with Crippen LogP contribution in [0.15, 0.2) is 48.5 Å². The number of carbonyl (C=O) groups is 2. The second-order valence-electron chi connectivity index (χ2n) is 9.91. The molecule has 0 radical (unpaired) electrons. The largest absolute Gasteiger partial charge is 0.497 e. The summed E-state index contributed by atoms with van der Waals surface area (Å²) in [5.74, 6) is -6.71. The fourth-order valence-corrected chi connectivity index (χ4v) is 4.99. The van der Waals surface area contributed by atoms with E-state index in [9.17, 15) is 18.4 Å². The third kappa shape index (κ3) is 6.63. The number of hydrogen-bond acceptors (Lipinski definition) is 7. The van der Waals surface area contributed by atoms with Crippen molar-refractivity contribution in [2.75, 3.05) is 38.4 Å². The summed E-state index contributed by atoms with van der Waals surface area (Å²) < 4.78 is 90.7. The Bertz CT molecular complexity index is 1460. The third-order valence-electron chi connectivity index (χ3n) is 7.15. The van der Waals surface area contributed by atoms with E-state index in [1.807, 2.05) is 0 Å². The fourth-order valence-electron chi connectivity index (χ4n) is 4.99. The van der Waals surface area contributed by atoms with E-state index in [0.717, 1.165) is 41.7 Å². The van der Waals surface area contributed by atoms with E-state index in [1.54, 1.807) is 0 Å². The lowest BCUT2D eigenvalue weighted by atomic mass is 9.92. The third-order valence-corrected chi connectivity index (χ3v) is 7.15. The van der Waals surface area contributed by atoms with Crippen molar-refractivity contribution in [3.05, 3.63) is 77.1 Å². The van der Waals surface area contributed by atoms with Crippen LogP contribution < -0.4 is 24.4 Å². The average Bonchev–Trinajstić information content (AvgIpc) is 3.61. The van der Waals surface area contributed by atoms with Gasteiger partial charge in [0, 0.05) is 54.3 Å². The molecule has 2 aliphatic rings. The number of aromatic nitrogens is 1. The summed E-state index contributed by atoms with van der Waals surface area (Å²) >= 11 is 0. The molecule has 2 aliphatic heterocycles. The van der Waals surface area contributed by atoms with Crippen molar-refractivity contribution in [1.82, 2.24) is 10.3 Å². The van der Waals surface area contributed by atoms with E-state index in [1.165, 1.54) is 25.3 Å². The standard InChI is InChI=1S/C29H26F5N3O6/c1-40-18-10-21(31)24(22(32)11-18)19-12-37(26-20(30)6-7-23(35-26)42-14-15-8-9-41-13-15)28(39)25(19)36-27(38)16-2-4-17(5-3-16)43-29(33)34/h2-7,10-11,15,19,25,29H,8-9,12-14H2,1H3,(H,36,38)/t15?,19-,25?/m0/s1. The molecule has 2 aromatic carbocycles. The second kappa shape index (κ2) is 12.8. The first-order chi connectivity index (χ1) is 20.6. The summed E-state index contributed by atoms with van der Waals surface area (Å²) in [6.07, 6.45) is 0.780. The van der Waals surface area contributed by atoms with E-state index in [0.29, 0.717) is 13.2 Å². The number of pyridine rings is 1. The summed E-state index contributed by atoms with van der Waals surface area (Å²) in [5, 5.41) is 2.45. The van der Waals surface area contributed by atoms with Crippen LogP contribution in [0.4, 0.5) is 27.8 Å². The van der Waals surface area contributed by atoms with Crippen LogP contribution in [0.2, 0.25) is 0 Å². The van der Waals surface area contributed by atoms with Gasteiger partial charge in [0.25, 0.3) is 11.8 Å². The van der Waals surface area contributed by atoms with Gasteiger partial charge in [-0.25, -0.2) is 13.2 Å². The topological polar surface area (TPSA) is 99.2 Å². The zero-order valence-electron chi connectivity index (χ0n) is 22.7. The summed E-state index contributed by atoms with van der Waals surface area (Å²) in [6.45, 7) is -2.18. The number of alkyl halides is 2. The molecule has 2 amide bonds. The molecule has 0 bridgehead atoms. The van der Waals surface area contributed by atoms with Gasteiger partial charge in [0.1, 0.15) is 29.2 Å². The number of anilines is 1. The Morgan fingerprint density at radius 1 is 1.07 bits per heavy atom. The first-order valence-corrected chi connectivity index (χ1v) is 13.2. The molecular weight excluding hydrogens is 581 g/mol. The number of hydrogen-bond donors (Lipinski definition) is 1. The minimum atomic E-state index is -3.08. The molecule has 1 aromatic heterocycles. The van der Waals surface area contributed by atoms with Gasteiger partial charge in [0.05, 0.1) is 20.3 Å². The Morgan fingerprint density at radius 2 is 1.79 bits per heavy atom. The number of rotatable bonds is 10. The normalized spacial score (nSPS) is 20.0. The molecule has 14 heteroatoms. The Hall–Kier alpha value is -4.46. The Balaban J connectivity index is 1.45. The second-order valence-corrected chi connectivity index (χ2v) is 9.91. The van der Waals surface area contributed by atoms with Crippen molar-refractivity contribution in [1.29, 1.82) is 0 Å². The van der Waals surface area contributed by atoms with Crippen LogP contribution in [-0.4, -0.2) is 62.9 Å². The Morgan fingerprint density at radius 3 is 2.42 bits per heavy atom. The summed E-state index contributed by atoms with van der Waals surface area (Å²) in [5.41, 5.74) is -0.588. The van der Waals surface area contributed by atoms with Gasteiger partial charge in [-0.1, -0.05) is 0 Å². The fraction of sp³-hybridized carbons (Fsp3) is 0.345. The number of carbonyl (C=O) groups excluding carboxylic acids is 2. The molecule has 0 aliphatic carbocycles. The first kappa shape index (κ1) is 30.0. The number of benzene rings is 2. The predicted molar refractivity (Wildman–Crippen MR) is 141 cm³/mol. The molecule has 1 N–H and O–H groups in total. The number of nitrogens with zero attached hydrogens (tertiary/aromatic N) is 2. The van der Waals surface area contributed by atoms with Crippen molar-refractivity contribution < 1.29 is 50.5 Å². The zero-order chi connectivity index (χ0) is 30.7. The number of halogens is 5. The van der Waals surface area contributed by atoms with Gasteiger partial charge in [-0.05, 0) is 36.8 Å². The SMILES string of the molecule is COc1cc(F)c([C@@H]2CN(c3nc(OCC4CCOC4)ccc3F)C(=O)C2NC(=O)c2ccc(OC(F)F)cc2)c(F)c1. The molecule has 3 heterocycles. The highest BCUT2D eigenvalue weighted by Gasteiger charge is 2.46. The lowest BCUT2D eigenvalue weighted by molar-refractivity contribution is -0.118. The van der Waals surface area contributed by atoms with Gasteiger partial charge >= 0.3 is 6.61 Å². The highest BCUT2D eigenvalue weighted by Crippen LogP contribution is 2.37. The van der Waals surface area contributed by atoms with Gasteiger partial charge < -0.3 is 24.3 Å². The molecule has 43 heavy (non-hydrogen) atoms. The van der Waals surface area contributed by atoms with Crippen LogP contribution in [0, 0.1) is 23.4 Å². The number of amides is 2. The molecule has 9 nitrogen and oxygen atoms in total. The van der Waals surface area contributed by atoms with Crippen LogP contribution in [0.1, 0.15) is 28.3 Å². The molecule has 5 rings (SSSR count). The lowest BCUT2D eigenvalue weighted by Gasteiger charge is -2.20. The van der Waals surface area contributed by atoms with E-state index >= 15 is 13.2 Å². The van der Waals surface area contributed by atoms with Gasteiger partial charge in [-0.3, -0.25) is 14.5 Å². The molecule has 2 fully saturated rings. The molecule has 2 unspecified atom stereocenters. The van der Waals surface area contributed by atoms with Gasteiger partial charge in [0.2, 0.25) is 5.88 Å². The number of ether oxygens (including phenoxy) is 4. The van der Waals surface area contributed by atoms with E-state index in [4.69, 9.17) is 14.2 Å². The Labute approximate surface area is 242 Å². The minimum absolute atomic E-state index is 0.0213. The maximum Gasteiger partial charge on any atom is 0.387 e. The van der Waals surface area contributed by atoms with Crippen molar-refractivity contribution >= 4 is 17.6 Å². The number of methoxy groups -OCH3 is 1. The monoisotopic (exact) mass is 607 g/mol. The maximum atomic E-state index is 15.2. The molecule has 3 atom stereocenters. The quantitative estimate of drug-likeness (QED) is 0.340. The Kier molecular flexibility index (Phi) is 8.94. The number of nitrogens with one attached hydrogen (secondary N) is 1. The van der Waals surface area contributed by atoms with Gasteiger partial charge in [-0.2, -0.15) is 13.8 Å². The van der Waals surface area contributed by atoms with Crippen LogP contribution in [0.5, 0.6) is 17.4 Å². The molecule has 2 saturated heterocycles. The molecular formula is C29H26F5N3O6. The van der Waals surface area contributed by atoms with Crippen molar-refractivity contribution in [3.63, 3.8) is 0 Å². The predicted octanol–water partition coefficient (Wildman–Crippen LogP) is 4.45. The average molecular weight is 608 g/mol. The molecule has 228 valence electrons. The highest BCUT2D eigenvalue weighted by molar-refractivity contribution is 6.04. The maximum absolute atomic E-state index is 15.2. The summed E-state index contributed by atoms with van der Waals surface area (Å²) in [7, 11) is 1.22. The van der Waals surface area contributed by atoms with Gasteiger partial charge in [0.15, 0.2) is 11.6 Å². The molecule has 3 aromatic rings. The smallest absolute Gasteiger partial charge is 0.387 e. The van der Waals surface area contributed by atoms with Crippen molar-refractivity contribution in [2.45, 2.75) is 25.0 Å². The van der Waals surface area contributed by atoms with Crippen molar-refractivity contribution in [3.8, 4) is 17.4 Å². The van der Waals surface area contributed by atoms with E-state index in [2.05, 4.69) is 15.0 Å². The first-order valence-electron chi connectivity index (χ1n) is 13.2. The molecule has 0 spiro atoms. The lowest BCUT2D eigenvalue weighted by Crippen LogP contribution is -2.44. The van der Waals surface area contributed by atoms with Gasteiger partial charge in [-0.15, -0.1) is 0 Å². The van der Waals surface area contributed by atoms with E-state index in [-0.39, 0.29) is 35.5 Å². The highest BCUT2D eigenvalue weighted by atomic mass is 19.3. The van der Waals surface area contributed by atoms with Crippen LogP contribution in [-0.2, 0) is 9.53 Å². The van der Waals surface area contributed by atoms with E-state index < -0.39 is 65.8 Å². The van der Waals surface area contributed by atoms with Crippen molar-refractivity contribution in [2.24, 2.45) is 5.92 Å². The van der Waals surface area contributed by atoms with Crippen LogP contribution in [0.25, 0.3) is 0 Å². The summed E-state index contributed by atoms with van der Waals surface area (Å²) in [4.78, 5) is 31.8.